The first-order valence-corrected chi connectivity index (χ1v) is 24.8. The van der Waals surface area contributed by atoms with Gasteiger partial charge in [-0.25, -0.2) is 0 Å². The Balaban J connectivity index is 0.000000218. The summed E-state index contributed by atoms with van der Waals surface area (Å²) in [4.78, 5) is 0. The fraction of sp³-hybridized carbons (Fsp3) is 0. The van der Waals surface area contributed by atoms with Crippen LogP contribution >= 0.6 is 54.1 Å². The van der Waals surface area contributed by atoms with Crippen LogP contribution in [0, 0.1) is 6.92 Å². The molecule has 0 atom stereocenters. The first kappa shape index (κ1) is 13.2. The van der Waals surface area contributed by atoms with Crippen molar-refractivity contribution in [1.29, 1.82) is 0 Å². The molecule has 0 aliphatic heterocycles. The van der Waals surface area contributed by atoms with Gasteiger partial charge < -0.3 is 0 Å². The molecule has 4 heteroatoms. The molecule has 0 aliphatic rings. The normalized spacial score (nSPS) is 7.91. The van der Waals surface area contributed by atoms with Crippen molar-refractivity contribution >= 4 is 54.1 Å². The molecule has 0 saturated heterocycles. The molecule has 0 radical (unpaired) electrons. The van der Waals surface area contributed by atoms with E-state index in [0.717, 1.165) is 5.56 Å². The molecule has 1 aromatic carbocycles. The molecule has 0 fully saturated rings. The van der Waals surface area contributed by atoms with E-state index in [1.807, 2.05) is 30.3 Å². The average molecular weight is 563 g/mol. The predicted molar refractivity (Wildman–Crippen MR) is 73.0 cm³/mol. The summed E-state index contributed by atoms with van der Waals surface area (Å²) in [6.45, 7) is 3.72. The summed E-state index contributed by atoms with van der Waals surface area (Å²) in [5, 5.41) is 0. The second kappa shape index (κ2) is 8.75. The van der Waals surface area contributed by atoms with Crippen LogP contribution in [0.3, 0.4) is 0 Å². The van der Waals surface area contributed by atoms with Crippen molar-refractivity contribution in [1.82, 2.24) is 0 Å². The Morgan fingerprint density at radius 2 is 1.36 bits per heavy atom. The molecular weight excluding hydrogens is 556 g/mol. The van der Waals surface area contributed by atoms with Crippen LogP contribution in [0.1, 0.15) is 5.56 Å². The van der Waals surface area contributed by atoms with E-state index in [2.05, 4.69) is 61.1 Å². The fourth-order valence-corrected chi connectivity index (χ4v) is 0.478. The molecule has 0 amide bonds. The van der Waals surface area contributed by atoms with Gasteiger partial charge in [-0.15, -0.1) is 12.1 Å². The Hall–Kier alpha value is 2.16. The Labute approximate surface area is 104 Å². The van der Waals surface area contributed by atoms with Gasteiger partial charge in [-0.2, -0.15) is 24.6 Å². The number of halogens is 3. The summed E-state index contributed by atoms with van der Waals surface area (Å²) in [5.41, 5.74) is 1.07. The average Bonchev–Trinajstić information content (AvgIpc) is 1.87. The zero-order chi connectivity index (χ0) is 8.69. The van der Waals surface area contributed by atoms with Crippen LogP contribution < -0.4 is 0 Å². The third-order valence-electron chi connectivity index (χ3n) is 0.843. The van der Waals surface area contributed by atoms with Crippen LogP contribution in [0.2, 0.25) is 0 Å². The molecule has 1 aromatic rings. The molecule has 0 aromatic heterocycles. The van der Waals surface area contributed by atoms with E-state index in [-0.39, 0.29) is 0 Å². The molecule has 0 heterocycles. The van der Waals surface area contributed by atoms with Gasteiger partial charge in [-0.3, -0.25) is 0 Å². The summed E-state index contributed by atoms with van der Waals surface area (Å²) < 4.78 is 0. The van der Waals surface area contributed by atoms with Crippen molar-refractivity contribution in [2.75, 3.05) is 0 Å². The minimum atomic E-state index is -0.633. The van der Waals surface area contributed by atoms with Crippen LogP contribution in [-0.2, 0) is 9.18 Å². The molecule has 0 unspecified atom stereocenters. The second-order valence-electron chi connectivity index (χ2n) is 1.70. The van der Waals surface area contributed by atoms with Gasteiger partial charge in [0.15, 0.2) is 0 Å². The molecule has 1 rings (SSSR count). The topological polar surface area (TPSA) is 0 Å². The van der Waals surface area contributed by atoms with Crippen molar-refractivity contribution in [2.24, 2.45) is 0 Å². The second-order valence-corrected chi connectivity index (χ2v) is 58.5. The molecule has 0 nitrogen and oxygen atoms in total. The number of hydrogen-bond donors (Lipinski definition) is 0. The van der Waals surface area contributed by atoms with Crippen LogP contribution in [0.4, 0.5) is 0 Å². The molecule has 0 bridgehead atoms. The van der Waals surface area contributed by atoms with Gasteiger partial charge in [0.25, 0.3) is 0 Å². The monoisotopic (exact) mass is 562 g/mol. The van der Waals surface area contributed by atoms with Gasteiger partial charge in [0.2, 0.25) is 0 Å². The summed E-state index contributed by atoms with van der Waals surface area (Å²) in [7, 11) is -0.633. The summed E-state index contributed by atoms with van der Waals surface area (Å²) in [5.74, 6) is 0. The van der Waals surface area contributed by atoms with Crippen molar-refractivity contribution in [3.63, 3.8) is 0 Å². The van der Waals surface area contributed by atoms with Gasteiger partial charge >= 0.3 is 63.3 Å². The molecule has 0 spiro atoms. The van der Waals surface area contributed by atoms with Crippen LogP contribution in [0.25, 0.3) is 0 Å². The van der Waals surface area contributed by atoms with E-state index in [4.69, 9.17) is 0 Å². The van der Waals surface area contributed by atoms with E-state index in [1.54, 1.807) is 0 Å². The number of rotatable bonds is 0. The molecule has 0 aliphatic carbocycles. The van der Waals surface area contributed by atoms with Crippen molar-refractivity contribution in [3.05, 3.63) is 42.8 Å². The summed E-state index contributed by atoms with van der Waals surface area (Å²) in [6, 6.07) is 9.87. The van der Waals surface area contributed by atoms with E-state index in [1.165, 1.54) is 0 Å². The van der Waals surface area contributed by atoms with E-state index in [9.17, 15) is 0 Å². The van der Waals surface area contributed by atoms with Gasteiger partial charge in [0.05, 0.1) is 0 Å². The maximum atomic E-state index is 3.72. The molecular formula is C7H7I3Zr-. The Morgan fingerprint density at radius 1 is 1.00 bits per heavy atom. The third kappa shape index (κ3) is 12.2. The van der Waals surface area contributed by atoms with Gasteiger partial charge in [0.1, 0.15) is 0 Å². The van der Waals surface area contributed by atoms with Crippen LogP contribution in [0.5, 0.6) is 0 Å². The quantitative estimate of drug-likeness (QED) is 0.322. The van der Waals surface area contributed by atoms with Crippen molar-refractivity contribution in [3.8, 4) is 0 Å². The van der Waals surface area contributed by atoms with Gasteiger partial charge in [-0.1, -0.05) is 6.07 Å². The zero-order valence-corrected chi connectivity index (χ0v) is 14.7. The minimum absolute atomic E-state index is 0.633. The molecule has 0 saturated carbocycles. The molecule has 61 valence electrons. The van der Waals surface area contributed by atoms with E-state index in [0.29, 0.717) is 0 Å². The van der Waals surface area contributed by atoms with Crippen molar-refractivity contribution in [2.45, 2.75) is 0 Å². The van der Waals surface area contributed by atoms with Crippen LogP contribution in [0.15, 0.2) is 30.3 Å². The number of hydrogen-bond acceptors (Lipinski definition) is 0. The van der Waals surface area contributed by atoms with E-state index < -0.39 is 9.18 Å². The molecule has 11 heavy (non-hydrogen) atoms. The van der Waals surface area contributed by atoms with E-state index >= 15 is 0 Å². The fourth-order valence-electron chi connectivity index (χ4n) is 0.478. The SMILES string of the molecule is [CH2-]c1ccccc1.[I][Zr]([I])[I]. The maximum absolute atomic E-state index is 3.72. The van der Waals surface area contributed by atoms with Gasteiger partial charge in [0, 0.05) is 0 Å². The Morgan fingerprint density at radius 3 is 1.55 bits per heavy atom. The molecule has 0 N–H and O–H groups in total. The summed E-state index contributed by atoms with van der Waals surface area (Å²) in [6.07, 6.45) is 0. The standard InChI is InChI=1S/C7H7.3HI.Zr/c1-7-5-3-2-4-6-7;;;;/h2-6H,1H2;3*1H;/q-1;;;;+3/p-3. The summed E-state index contributed by atoms with van der Waals surface area (Å²) >= 11 is 7.54. The Bertz CT molecular complexity index is 174. The zero-order valence-electron chi connectivity index (χ0n) is 5.73. The van der Waals surface area contributed by atoms with Crippen molar-refractivity contribution < 1.29 is 9.18 Å². The first-order valence-electron chi connectivity index (χ1n) is 2.83. The predicted octanol–water partition coefficient (Wildman–Crippen LogP) is 4.52. The van der Waals surface area contributed by atoms with Crippen LogP contribution in [-0.4, -0.2) is 0 Å². The third-order valence-corrected chi connectivity index (χ3v) is 0.843. The number of benzene rings is 1. The Kier molecular flexibility index (Phi) is 10.5. The first-order chi connectivity index (χ1) is 5.13. The van der Waals surface area contributed by atoms with Gasteiger partial charge in [-0.05, 0) is 0 Å².